The van der Waals surface area contributed by atoms with Crippen LogP contribution in [0.5, 0.6) is 57.5 Å². The SMILES string of the molecule is CCC(C)c1ccc(O)cc1.CCC(C)c1ccc(OC(CC2CCCCC2)OC2CCCCC2C)cc1.CCC(C)c1ccc(OC(OCCC2CCCCC2)C2CCCCC2C)cc1.CCC(C)c1ccc(OC(OCCOc2ccccc2)C23CC4CC(CC(C4)C2)C3)cc1.CCC(C)c1ccc(Oc2c(F)c(F)c(S(=O)(=O)[O-])c(F)c2F)cc1.COc1cccc([S+](c2cccc(OC)c2)c2cccc(OC)c2)c1. The normalized spacial score (nSPS) is 21.2. The van der Waals surface area contributed by atoms with Gasteiger partial charge in [0.25, 0.3) is 0 Å². The van der Waals surface area contributed by atoms with E-state index in [1.807, 2.05) is 92.7 Å². The predicted molar refractivity (Wildman–Crippen MR) is 587 cm³/mol. The third-order valence-electron chi connectivity index (χ3n) is 32.2. The van der Waals surface area contributed by atoms with Gasteiger partial charge in [-0.3, -0.25) is 0 Å². The van der Waals surface area contributed by atoms with E-state index in [0.29, 0.717) is 66.5 Å². The van der Waals surface area contributed by atoms with E-state index in [4.69, 9.17) is 57.2 Å². The van der Waals surface area contributed by atoms with E-state index in [0.717, 1.165) is 108 Å². The molecule has 10 aromatic rings. The minimum Gasteiger partial charge on any atom is -0.744 e. The van der Waals surface area contributed by atoms with E-state index < -0.39 is 44.0 Å². The highest BCUT2D eigenvalue weighted by Crippen LogP contribution is 2.62. The number of rotatable bonds is 40. The number of para-hydroxylation sites is 1. The molecule has 0 radical (unpaired) electrons. The van der Waals surface area contributed by atoms with Crippen molar-refractivity contribution in [3.8, 4) is 57.5 Å². The molecule has 8 fully saturated rings. The number of benzene rings is 10. The number of phenolic OH excluding ortho intramolecular Hbond substituents is 1. The van der Waals surface area contributed by atoms with Crippen LogP contribution in [0.2, 0.25) is 0 Å². The molecule has 0 heterocycles. The Bertz CT molecular complexity index is 5470. The Kier molecular flexibility index (Phi) is 46.9. The highest BCUT2D eigenvalue weighted by Gasteiger charge is 2.56. The van der Waals surface area contributed by atoms with Crippen LogP contribution < -0.4 is 37.9 Å². The van der Waals surface area contributed by atoms with Gasteiger partial charge in [0.15, 0.2) is 32.6 Å². The molecule has 12 atom stereocenters. The Labute approximate surface area is 886 Å². The standard InChI is InChI=1S/C29H38O3.C26H42O2.C25H40O2.C21H21O3S.C16H14F4O4S.C10H14O/c1-3-21(2)25-9-11-27(12-10-25)32-28(31-14-13-30-26-7-5-4-6-8-26)29-18-22-15-23(19-29)17-24(16-22)20-29;1-4-20(2)23-14-16-24(17-15-23)28-26(25-13-9-8-10-21(25)3)27-19-18-22-11-6-5-7-12-22;1-4-19(2)22-14-16-23(17-15-22)26-25(18-21-11-6-5-7-12-21)27-24-13-9-8-10-20(24)3;1-22-16-7-4-10-19(13-16)25(20-11-5-8-17(14-20)23-2)21-12-6-9-18(15-21)24-3;1-3-8(2)9-4-6-10(7-5-9)24-15-11(17)13(19)16(25(21,22)23)14(20)12(15)18;1-3-8(2)9-4-6-10(11)7-5-9/h4-12,21-24,28H,3,13-20H2,1-2H3;14-17,20-22,25-26H,4-13,18-19H2,1-3H3;14-17,19-21,24-25H,4-13,18H2,1-3H3;4-15H,1-3H3;4-8H,3H2,1-2H3,(H,21,22,23);4-8,11H,3H2,1-2H3/q;;;+1;;/p-1. The first-order valence-corrected chi connectivity index (χ1v) is 58.1. The van der Waals surface area contributed by atoms with Crippen LogP contribution in [0.4, 0.5) is 17.6 Å². The molecule has 21 heteroatoms. The average molecular weight is 2070 g/mol. The minimum atomic E-state index is -5.75. The molecular weight excluding hydrogens is 1910 g/mol. The van der Waals surface area contributed by atoms with Crippen molar-refractivity contribution < 1.29 is 87.7 Å². The third kappa shape index (κ3) is 34.6. The maximum atomic E-state index is 13.9. The summed E-state index contributed by atoms with van der Waals surface area (Å²) in [6.45, 7) is 28.5. The van der Waals surface area contributed by atoms with Crippen molar-refractivity contribution in [2.45, 2.75) is 356 Å². The van der Waals surface area contributed by atoms with Crippen molar-refractivity contribution in [1.29, 1.82) is 0 Å². The van der Waals surface area contributed by atoms with E-state index in [9.17, 15) is 30.5 Å². The maximum Gasteiger partial charge on any atom is 0.205 e. The van der Waals surface area contributed by atoms with Gasteiger partial charge in [-0.1, -0.05) is 276 Å². The lowest BCUT2D eigenvalue weighted by Gasteiger charge is -2.58. The van der Waals surface area contributed by atoms with Gasteiger partial charge >= 0.3 is 0 Å². The molecule has 4 bridgehead atoms. The molecular formula is C127H168F4O15S2. The smallest absolute Gasteiger partial charge is 0.205 e. The molecule has 0 saturated heterocycles. The number of hydrogen-bond acceptors (Lipinski definition) is 15. The van der Waals surface area contributed by atoms with Gasteiger partial charge in [-0.25, -0.2) is 17.2 Å². The average Bonchev–Trinajstić information content (AvgIpc) is 0.735. The lowest BCUT2D eigenvalue weighted by Crippen LogP contribution is -2.54. The summed E-state index contributed by atoms with van der Waals surface area (Å²) in [5.74, 6) is 4.86. The molecule has 8 aliphatic carbocycles. The molecule has 12 unspecified atom stereocenters. The zero-order valence-corrected chi connectivity index (χ0v) is 92.3. The second-order valence-electron chi connectivity index (χ2n) is 42.8. The molecule has 8 aliphatic rings. The first-order chi connectivity index (χ1) is 71.5. The molecule has 10 aromatic carbocycles. The first-order valence-electron chi connectivity index (χ1n) is 55.4. The first kappa shape index (κ1) is 117. The molecule has 0 spiro atoms. The van der Waals surface area contributed by atoms with Gasteiger partial charge in [-0.2, -0.15) is 8.78 Å². The maximum absolute atomic E-state index is 13.9. The Morgan fingerprint density at radius 2 is 0.784 bits per heavy atom. The van der Waals surface area contributed by atoms with E-state index in [1.165, 1.54) is 222 Å². The predicted octanol–water partition coefficient (Wildman–Crippen LogP) is 34.6. The van der Waals surface area contributed by atoms with Crippen LogP contribution >= 0.6 is 0 Å². The highest BCUT2D eigenvalue weighted by molar-refractivity contribution is 7.97. The van der Waals surface area contributed by atoms with Crippen LogP contribution in [0, 0.1) is 76.0 Å². The molecule has 806 valence electrons. The highest BCUT2D eigenvalue weighted by atomic mass is 32.2. The number of halogens is 4. The van der Waals surface area contributed by atoms with E-state index in [-0.39, 0.29) is 46.8 Å². The zero-order valence-electron chi connectivity index (χ0n) is 90.7. The number of aromatic hydroxyl groups is 1. The Hall–Kier alpha value is -9.74. The molecule has 1 N–H and O–H groups in total. The van der Waals surface area contributed by atoms with Crippen LogP contribution in [-0.2, 0) is 35.2 Å². The molecule has 15 nitrogen and oxygen atoms in total. The fourth-order valence-corrected chi connectivity index (χ4v) is 25.2. The fraction of sp³-hybridized carbons (Fsp3) is 0.528. The number of hydrogen-bond donors (Lipinski definition) is 1. The summed E-state index contributed by atoms with van der Waals surface area (Å²) >= 11 is 0. The third-order valence-corrected chi connectivity index (χ3v) is 35.2. The lowest BCUT2D eigenvalue weighted by molar-refractivity contribution is -0.217. The van der Waals surface area contributed by atoms with E-state index in [2.05, 4.69) is 178 Å². The number of phenols is 1. The minimum absolute atomic E-state index is 0.0895. The quantitative estimate of drug-likeness (QED) is 0.00957. The second kappa shape index (κ2) is 59.3. The number of methoxy groups -OCH3 is 3. The van der Waals surface area contributed by atoms with E-state index in [1.54, 1.807) is 45.6 Å². The van der Waals surface area contributed by atoms with Crippen molar-refractivity contribution in [2.75, 3.05) is 41.2 Å². The number of ether oxygens (including phenoxy) is 11. The van der Waals surface area contributed by atoms with Gasteiger partial charge in [0.2, 0.25) is 30.0 Å². The van der Waals surface area contributed by atoms with Gasteiger partial charge in [-0.15, -0.1) is 0 Å². The molecule has 8 saturated carbocycles. The summed E-state index contributed by atoms with van der Waals surface area (Å²) in [6.07, 6.45) is 40.0. The van der Waals surface area contributed by atoms with Gasteiger partial charge in [0, 0.05) is 36.0 Å². The Morgan fingerprint density at radius 1 is 0.399 bits per heavy atom. The summed E-state index contributed by atoms with van der Waals surface area (Å²) in [5, 5.41) is 9.01. The Morgan fingerprint density at radius 3 is 1.20 bits per heavy atom. The van der Waals surface area contributed by atoms with Crippen molar-refractivity contribution in [3.63, 3.8) is 0 Å². The molecule has 148 heavy (non-hydrogen) atoms. The van der Waals surface area contributed by atoms with Crippen LogP contribution in [0.25, 0.3) is 0 Å². The van der Waals surface area contributed by atoms with Crippen molar-refractivity contribution in [3.05, 3.63) is 276 Å². The van der Waals surface area contributed by atoms with Crippen LogP contribution in [0.15, 0.2) is 244 Å². The summed E-state index contributed by atoms with van der Waals surface area (Å²) < 4.78 is 153. The van der Waals surface area contributed by atoms with Gasteiger partial charge in [0.05, 0.1) is 51.5 Å². The van der Waals surface area contributed by atoms with Gasteiger partial charge in [0.1, 0.15) is 73.4 Å². The van der Waals surface area contributed by atoms with Crippen LogP contribution in [-0.4, -0.2) is 84.2 Å². The summed E-state index contributed by atoms with van der Waals surface area (Å²) in [4.78, 5) is 1.32. The topological polar surface area (TPSA) is 179 Å². The van der Waals surface area contributed by atoms with Gasteiger partial charge < -0.3 is 61.8 Å². The zero-order chi connectivity index (χ0) is 106. The Balaban J connectivity index is 0.000000160. The second-order valence-corrected chi connectivity index (χ2v) is 46.1. The lowest BCUT2D eigenvalue weighted by atomic mass is 9.49. The van der Waals surface area contributed by atoms with Crippen molar-refractivity contribution in [1.82, 2.24) is 0 Å². The molecule has 0 amide bonds. The summed E-state index contributed by atoms with van der Waals surface area (Å²) in [6, 6.07) is 74.1. The summed E-state index contributed by atoms with van der Waals surface area (Å²) in [7, 11) is -0.976. The molecule has 0 aromatic heterocycles. The molecule has 0 aliphatic heterocycles. The molecule has 18 rings (SSSR count). The summed E-state index contributed by atoms with van der Waals surface area (Å²) in [5.41, 5.74) is 6.55. The monoisotopic (exact) mass is 2070 g/mol. The van der Waals surface area contributed by atoms with Crippen LogP contribution in [0.3, 0.4) is 0 Å². The largest absolute Gasteiger partial charge is 0.744 e. The van der Waals surface area contributed by atoms with Gasteiger partial charge in [-0.05, 0) is 304 Å². The van der Waals surface area contributed by atoms with Crippen molar-refractivity contribution in [2.24, 2.45) is 52.8 Å². The fourth-order valence-electron chi connectivity index (χ4n) is 22.5. The van der Waals surface area contributed by atoms with Crippen molar-refractivity contribution >= 4 is 21.0 Å². The van der Waals surface area contributed by atoms with Crippen LogP contribution in [0.1, 0.15) is 340 Å². The van der Waals surface area contributed by atoms with E-state index >= 15 is 0 Å².